The molecule has 0 amide bonds. The zero-order valence-corrected chi connectivity index (χ0v) is 15.7. The summed E-state index contributed by atoms with van der Waals surface area (Å²) in [5.74, 6) is 2.23. The van der Waals surface area contributed by atoms with E-state index in [4.69, 9.17) is 14.2 Å². The van der Waals surface area contributed by atoms with Crippen LogP contribution in [0.2, 0.25) is 0 Å². The lowest BCUT2D eigenvalue weighted by molar-refractivity contribution is 0.00203. The predicted octanol–water partition coefficient (Wildman–Crippen LogP) is 5.78. The first-order chi connectivity index (χ1) is 12.5. The van der Waals surface area contributed by atoms with Gasteiger partial charge in [0.05, 0.1) is 12.7 Å². The number of hydrogen-bond donors (Lipinski definition) is 0. The summed E-state index contributed by atoms with van der Waals surface area (Å²) in [6, 6.07) is 21.9. The molecule has 0 radical (unpaired) electrons. The predicted molar refractivity (Wildman–Crippen MR) is 104 cm³/mol. The van der Waals surface area contributed by atoms with Gasteiger partial charge in [0.1, 0.15) is 17.2 Å². The van der Waals surface area contributed by atoms with E-state index in [2.05, 4.69) is 0 Å². The van der Waals surface area contributed by atoms with Crippen LogP contribution < -0.4 is 14.2 Å². The van der Waals surface area contributed by atoms with Crippen LogP contribution in [-0.4, -0.2) is 7.11 Å². The summed E-state index contributed by atoms with van der Waals surface area (Å²) < 4.78 is 17.9. The van der Waals surface area contributed by atoms with E-state index >= 15 is 0 Å². The highest BCUT2D eigenvalue weighted by molar-refractivity contribution is 5.39. The Morgan fingerprint density at radius 1 is 0.615 bits per heavy atom. The summed E-state index contributed by atoms with van der Waals surface area (Å²) in [6.07, 6.45) is -0.615. The summed E-state index contributed by atoms with van der Waals surface area (Å²) in [6.45, 7) is 6.14. The fourth-order valence-corrected chi connectivity index (χ4v) is 2.67. The van der Waals surface area contributed by atoms with Crippen LogP contribution in [0.1, 0.15) is 28.5 Å². The summed E-state index contributed by atoms with van der Waals surface area (Å²) in [4.78, 5) is 0. The van der Waals surface area contributed by atoms with Gasteiger partial charge >= 0.3 is 0 Å². The third-order valence-corrected chi connectivity index (χ3v) is 4.17. The largest absolute Gasteiger partial charge is 0.496 e. The highest BCUT2D eigenvalue weighted by Crippen LogP contribution is 2.32. The van der Waals surface area contributed by atoms with E-state index in [1.54, 1.807) is 7.11 Å². The van der Waals surface area contributed by atoms with Crippen LogP contribution >= 0.6 is 0 Å². The topological polar surface area (TPSA) is 27.7 Å². The van der Waals surface area contributed by atoms with Crippen molar-refractivity contribution < 1.29 is 14.2 Å². The van der Waals surface area contributed by atoms with Crippen molar-refractivity contribution in [2.75, 3.05) is 7.11 Å². The fourth-order valence-electron chi connectivity index (χ4n) is 2.67. The summed E-state index contributed by atoms with van der Waals surface area (Å²) >= 11 is 0. The molecule has 0 saturated carbocycles. The molecular formula is C23H24O3. The maximum atomic E-state index is 6.18. The zero-order chi connectivity index (χ0) is 18.5. The smallest absolute Gasteiger partial charge is 0.271 e. The SMILES string of the molecule is COc1ccc(C)cc1C(Oc1ccc(C)cc1)Oc1ccc(C)cc1. The molecule has 0 spiro atoms. The van der Waals surface area contributed by atoms with Gasteiger partial charge in [-0.3, -0.25) is 0 Å². The van der Waals surface area contributed by atoms with Gasteiger partial charge in [-0.1, -0.05) is 47.0 Å². The standard InChI is InChI=1S/C23H24O3/c1-16-5-10-19(11-6-16)25-23(26-20-12-7-17(2)8-13-20)21-15-18(3)9-14-22(21)24-4/h5-15,23H,1-4H3. The van der Waals surface area contributed by atoms with Crippen LogP contribution in [0.3, 0.4) is 0 Å². The molecule has 3 aromatic carbocycles. The van der Waals surface area contributed by atoms with Gasteiger partial charge in [-0.15, -0.1) is 0 Å². The molecule has 3 rings (SSSR count). The molecule has 0 aliphatic heterocycles. The Morgan fingerprint density at radius 2 is 1.08 bits per heavy atom. The minimum absolute atomic E-state index is 0.615. The summed E-state index contributed by atoms with van der Waals surface area (Å²) in [5.41, 5.74) is 4.34. The van der Waals surface area contributed by atoms with E-state index in [0.29, 0.717) is 0 Å². The number of ether oxygens (including phenoxy) is 3. The second-order valence-electron chi connectivity index (χ2n) is 6.44. The van der Waals surface area contributed by atoms with E-state index in [1.165, 1.54) is 11.1 Å². The number of hydrogen-bond acceptors (Lipinski definition) is 3. The molecule has 0 aromatic heterocycles. The molecule has 0 aliphatic carbocycles. The minimum Gasteiger partial charge on any atom is -0.496 e. The first-order valence-corrected chi connectivity index (χ1v) is 8.66. The third kappa shape index (κ3) is 4.37. The van der Waals surface area contributed by atoms with Gasteiger partial charge in [0.15, 0.2) is 0 Å². The maximum Gasteiger partial charge on any atom is 0.271 e. The molecule has 26 heavy (non-hydrogen) atoms. The summed E-state index contributed by atoms with van der Waals surface area (Å²) in [5, 5.41) is 0. The lowest BCUT2D eigenvalue weighted by Gasteiger charge is -2.23. The molecule has 3 heteroatoms. The van der Waals surface area contributed by atoms with Gasteiger partial charge in [-0.25, -0.2) is 0 Å². The van der Waals surface area contributed by atoms with E-state index in [-0.39, 0.29) is 0 Å². The van der Waals surface area contributed by atoms with Gasteiger partial charge in [-0.05, 0) is 57.2 Å². The molecule has 0 saturated heterocycles. The Hall–Kier alpha value is -2.94. The van der Waals surface area contributed by atoms with Crippen molar-refractivity contribution in [3.8, 4) is 17.2 Å². The van der Waals surface area contributed by atoms with Crippen molar-refractivity contribution in [2.24, 2.45) is 0 Å². The first-order valence-electron chi connectivity index (χ1n) is 8.66. The van der Waals surface area contributed by atoms with Crippen LogP contribution in [-0.2, 0) is 0 Å². The number of aryl methyl sites for hydroxylation is 3. The molecule has 0 N–H and O–H groups in total. The van der Waals surface area contributed by atoms with Crippen LogP contribution in [0.25, 0.3) is 0 Å². The van der Waals surface area contributed by atoms with E-state index in [1.807, 2.05) is 87.5 Å². The second-order valence-corrected chi connectivity index (χ2v) is 6.44. The minimum atomic E-state index is -0.615. The van der Waals surface area contributed by atoms with Crippen LogP contribution in [0.15, 0.2) is 66.7 Å². The van der Waals surface area contributed by atoms with Gasteiger partial charge < -0.3 is 14.2 Å². The Labute approximate surface area is 155 Å². The monoisotopic (exact) mass is 348 g/mol. The number of rotatable bonds is 6. The molecule has 0 bridgehead atoms. The van der Waals surface area contributed by atoms with Crippen molar-refractivity contribution in [2.45, 2.75) is 27.1 Å². The molecule has 0 unspecified atom stereocenters. The molecule has 3 nitrogen and oxygen atoms in total. The van der Waals surface area contributed by atoms with Gasteiger partial charge in [0.2, 0.25) is 0 Å². The van der Waals surface area contributed by atoms with Gasteiger partial charge in [-0.2, -0.15) is 0 Å². The molecule has 134 valence electrons. The lowest BCUT2D eigenvalue weighted by Crippen LogP contribution is -2.16. The maximum absolute atomic E-state index is 6.18. The Bertz CT molecular complexity index is 804. The highest BCUT2D eigenvalue weighted by atomic mass is 16.7. The second kappa shape index (κ2) is 7.96. The summed E-state index contributed by atoms with van der Waals surface area (Å²) in [7, 11) is 1.66. The molecule has 0 aliphatic rings. The van der Waals surface area contributed by atoms with E-state index < -0.39 is 6.29 Å². The number of methoxy groups -OCH3 is 1. The Kier molecular flexibility index (Phi) is 5.47. The lowest BCUT2D eigenvalue weighted by atomic mass is 10.1. The Balaban J connectivity index is 1.96. The van der Waals surface area contributed by atoms with Crippen LogP contribution in [0.4, 0.5) is 0 Å². The Morgan fingerprint density at radius 3 is 1.54 bits per heavy atom. The van der Waals surface area contributed by atoms with E-state index in [9.17, 15) is 0 Å². The normalized spacial score (nSPS) is 10.7. The molecular weight excluding hydrogens is 324 g/mol. The first kappa shape index (κ1) is 17.9. The zero-order valence-electron chi connectivity index (χ0n) is 15.7. The average molecular weight is 348 g/mol. The van der Waals surface area contributed by atoms with Crippen molar-refractivity contribution in [1.82, 2.24) is 0 Å². The van der Waals surface area contributed by atoms with Crippen molar-refractivity contribution in [1.29, 1.82) is 0 Å². The van der Waals surface area contributed by atoms with E-state index in [0.717, 1.165) is 28.4 Å². The molecule has 0 atom stereocenters. The van der Waals surface area contributed by atoms with Gasteiger partial charge in [0, 0.05) is 0 Å². The van der Waals surface area contributed by atoms with Crippen molar-refractivity contribution in [3.05, 3.63) is 89.0 Å². The van der Waals surface area contributed by atoms with Crippen LogP contribution in [0, 0.1) is 20.8 Å². The fraction of sp³-hybridized carbons (Fsp3) is 0.217. The molecule has 0 heterocycles. The van der Waals surface area contributed by atoms with Crippen molar-refractivity contribution in [3.63, 3.8) is 0 Å². The van der Waals surface area contributed by atoms with Gasteiger partial charge in [0.25, 0.3) is 6.29 Å². The third-order valence-electron chi connectivity index (χ3n) is 4.17. The highest BCUT2D eigenvalue weighted by Gasteiger charge is 2.20. The van der Waals surface area contributed by atoms with Crippen molar-refractivity contribution >= 4 is 0 Å². The quantitative estimate of drug-likeness (QED) is 0.529. The molecule has 0 fully saturated rings. The average Bonchev–Trinajstić information content (AvgIpc) is 2.64. The number of benzene rings is 3. The van der Waals surface area contributed by atoms with Crippen LogP contribution in [0.5, 0.6) is 17.2 Å². The molecule has 3 aromatic rings.